The molecule has 2 N–H and O–H groups in total. The summed E-state index contributed by atoms with van der Waals surface area (Å²) in [5.41, 5.74) is 4.71. The SMILES string of the molecule is NC(=O)C1CCN(C(=O)c2cnn3c(C(F)(F)F)cc(-c4ccccc4)nc23)CC1. The molecule has 2 aromatic heterocycles. The van der Waals surface area contributed by atoms with Gasteiger partial charge in [0.15, 0.2) is 11.3 Å². The Hall–Kier alpha value is -3.43. The van der Waals surface area contributed by atoms with Crippen molar-refractivity contribution in [3.8, 4) is 11.3 Å². The van der Waals surface area contributed by atoms with Gasteiger partial charge in [0.05, 0.1) is 11.9 Å². The number of nitrogens with two attached hydrogens (primary N) is 1. The van der Waals surface area contributed by atoms with Crippen LogP contribution in [-0.2, 0) is 11.0 Å². The third kappa shape index (κ3) is 3.60. The first-order valence-corrected chi connectivity index (χ1v) is 9.35. The minimum Gasteiger partial charge on any atom is -0.369 e. The molecule has 0 unspecified atom stereocenters. The summed E-state index contributed by atoms with van der Waals surface area (Å²) in [6, 6.07) is 9.34. The first-order chi connectivity index (χ1) is 14.3. The van der Waals surface area contributed by atoms with Crippen molar-refractivity contribution < 1.29 is 22.8 Å². The molecule has 0 radical (unpaired) electrons. The van der Waals surface area contributed by atoms with E-state index in [1.54, 1.807) is 30.3 Å². The molecule has 1 saturated heterocycles. The maximum Gasteiger partial charge on any atom is 0.433 e. The number of primary amides is 1. The van der Waals surface area contributed by atoms with Gasteiger partial charge in [-0.05, 0) is 18.9 Å². The Morgan fingerprint density at radius 3 is 2.37 bits per heavy atom. The number of hydrogen-bond donors (Lipinski definition) is 1. The number of halogens is 3. The summed E-state index contributed by atoms with van der Waals surface area (Å²) in [6.45, 7) is 0.572. The van der Waals surface area contributed by atoms with Crippen molar-refractivity contribution in [1.29, 1.82) is 0 Å². The molecule has 30 heavy (non-hydrogen) atoms. The molecule has 0 spiro atoms. The summed E-state index contributed by atoms with van der Waals surface area (Å²) < 4.78 is 41.7. The van der Waals surface area contributed by atoms with Crippen LogP contribution in [0.4, 0.5) is 13.2 Å². The van der Waals surface area contributed by atoms with Crippen LogP contribution in [0.3, 0.4) is 0 Å². The van der Waals surface area contributed by atoms with Crippen LogP contribution in [-0.4, -0.2) is 44.4 Å². The number of carbonyl (C=O) groups excluding carboxylic acids is 2. The number of likely N-dealkylation sites (tertiary alicyclic amines) is 1. The highest BCUT2D eigenvalue weighted by atomic mass is 19.4. The Morgan fingerprint density at radius 2 is 1.77 bits per heavy atom. The maximum absolute atomic E-state index is 13.7. The summed E-state index contributed by atoms with van der Waals surface area (Å²) in [4.78, 5) is 30.1. The van der Waals surface area contributed by atoms with Crippen LogP contribution in [0.1, 0.15) is 28.9 Å². The maximum atomic E-state index is 13.7. The van der Waals surface area contributed by atoms with Crippen molar-refractivity contribution >= 4 is 17.5 Å². The number of benzene rings is 1. The molecule has 1 aliphatic heterocycles. The molecule has 10 heteroatoms. The lowest BCUT2D eigenvalue weighted by molar-refractivity contribution is -0.142. The predicted molar refractivity (Wildman–Crippen MR) is 101 cm³/mol. The summed E-state index contributed by atoms with van der Waals surface area (Å²) in [6.07, 6.45) is -2.75. The van der Waals surface area contributed by atoms with E-state index in [1.807, 2.05) is 0 Å². The zero-order valence-electron chi connectivity index (χ0n) is 15.8. The standard InChI is InChI=1S/C20H18F3N5O2/c21-20(22,23)16-10-15(12-4-2-1-3-5-12)26-18-14(11-25-28(16)18)19(30)27-8-6-13(7-9-27)17(24)29/h1-5,10-11,13H,6-9H2,(H2,24,29). The fourth-order valence-corrected chi connectivity index (χ4v) is 3.61. The number of fused-ring (bicyclic) bond motifs is 1. The Morgan fingerprint density at radius 1 is 1.10 bits per heavy atom. The van der Waals surface area contributed by atoms with Gasteiger partial charge in [0.25, 0.3) is 5.91 Å². The van der Waals surface area contributed by atoms with E-state index < -0.39 is 23.7 Å². The monoisotopic (exact) mass is 417 g/mol. The number of alkyl halides is 3. The van der Waals surface area contributed by atoms with Crippen LogP contribution < -0.4 is 5.73 Å². The summed E-state index contributed by atoms with van der Waals surface area (Å²) >= 11 is 0. The topological polar surface area (TPSA) is 93.6 Å². The Kier molecular flexibility index (Phi) is 4.92. The van der Waals surface area contributed by atoms with Crippen molar-refractivity contribution in [1.82, 2.24) is 19.5 Å². The van der Waals surface area contributed by atoms with Crippen molar-refractivity contribution in [2.24, 2.45) is 11.7 Å². The van der Waals surface area contributed by atoms with Gasteiger partial charge in [0.1, 0.15) is 5.56 Å². The second kappa shape index (κ2) is 7.43. The Balaban J connectivity index is 1.76. The van der Waals surface area contributed by atoms with E-state index in [-0.39, 0.29) is 35.9 Å². The molecule has 3 heterocycles. The lowest BCUT2D eigenvalue weighted by Gasteiger charge is -2.30. The molecule has 156 valence electrons. The third-order valence-corrected chi connectivity index (χ3v) is 5.25. The number of piperidine rings is 1. The quantitative estimate of drug-likeness (QED) is 0.709. The molecule has 0 bridgehead atoms. The molecular weight excluding hydrogens is 399 g/mol. The van der Waals surface area contributed by atoms with Crippen molar-refractivity contribution in [3.05, 3.63) is 53.9 Å². The number of carbonyl (C=O) groups is 2. The fraction of sp³-hybridized carbons (Fsp3) is 0.300. The minimum atomic E-state index is -4.68. The molecule has 0 saturated carbocycles. The van der Waals surface area contributed by atoms with Crippen molar-refractivity contribution in [3.63, 3.8) is 0 Å². The second-order valence-corrected chi connectivity index (χ2v) is 7.15. The van der Waals surface area contributed by atoms with E-state index in [0.29, 0.717) is 22.9 Å². The van der Waals surface area contributed by atoms with Gasteiger partial charge in [-0.15, -0.1) is 0 Å². The highest BCUT2D eigenvalue weighted by molar-refractivity contribution is 6.00. The zero-order chi connectivity index (χ0) is 21.5. The lowest BCUT2D eigenvalue weighted by Crippen LogP contribution is -2.41. The molecule has 1 fully saturated rings. The molecule has 1 aliphatic rings. The summed E-state index contributed by atoms with van der Waals surface area (Å²) in [5, 5.41) is 3.79. The van der Waals surface area contributed by atoms with E-state index in [2.05, 4.69) is 10.1 Å². The Labute approximate surface area is 169 Å². The number of amides is 2. The average molecular weight is 417 g/mol. The van der Waals surface area contributed by atoms with Crippen LogP contribution in [0.15, 0.2) is 42.6 Å². The van der Waals surface area contributed by atoms with E-state index in [9.17, 15) is 22.8 Å². The molecule has 2 amide bonds. The largest absolute Gasteiger partial charge is 0.433 e. The number of aromatic nitrogens is 3. The van der Waals surface area contributed by atoms with Crippen LogP contribution >= 0.6 is 0 Å². The first-order valence-electron chi connectivity index (χ1n) is 9.35. The molecule has 4 rings (SSSR count). The Bertz CT molecular complexity index is 1100. The van der Waals surface area contributed by atoms with Gasteiger partial charge in [-0.25, -0.2) is 9.50 Å². The van der Waals surface area contributed by atoms with Crippen molar-refractivity contribution in [2.75, 3.05) is 13.1 Å². The van der Waals surface area contributed by atoms with E-state index >= 15 is 0 Å². The predicted octanol–water partition coefficient (Wildman–Crippen LogP) is 2.75. The van der Waals surface area contributed by atoms with Gasteiger partial charge >= 0.3 is 6.18 Å². The number of hydrogen-bond acceptors (Lipinski definition) is 4. The van der Waals surface area contributed by atoms with Gasteiger partial charge < -0.3 is 10.6 Å². The summed E-state index contributed by atoms with van der Waals surface area (Å²) in [5.74, 6) is -1.20. The van der Waals surface area contributed by atoms with Gasteiger partial charge in [-0.1, -0.05) is 30.3 Å². The first kappa shape index (κ1) is 19.9. The van der Waals surface area contributed by atoms with Crippen LogP contribution in [0.2, 0.25) is 0 Å². The molecule has 0 aliphatic carbocycles. The van der Waals surface area contributed by atoms with Gasteiger partial charge in [-0.2, -0.15) is 18.3 Å². The van der Waals surface area contributed by atoms with Crippen LogP contribution in [0.5, 0.6) is 0 Å². The lowest BCUT2D eigenvalue weighted by atomic mass is 9.96. The molecule has 7 nitrogen and oxygen atoms in total. The molecule has 0 atom stereocenters. The van der Waals surface area contributed by atoms with Gasteiger partial charge in [-0.3, -0.25) is 9.59 Å². The highest BCUT2D eigenvalue weighted by Crippen LogP contribution is 2.33. The smallest absolute Gasteiger partial charge is 0.369 e. The number of rotatable bonds is 3. The molecule has 1 aromatic carbocycles. The van der Waals surface area contributed by atoms with Gasteiger partial charge in [0, 0.05) is 24.6 Å². The minimum absolute atomic E-state index is 0.0178. The number of nitrogens with zero attached hydrogens (tertiary/aromatic N) is 4. The second-order valence-electron chi connectivity index (χ2n) is 7.15. The van der Waals surface area contributed by atoms with E-state index in [0.717, 1.165) is 12.3 Å². The summed E-state index contributed by atoms with van der Waals surface area (Å²) in [7, 11) is 0. The molecular formula is C20H18F3N5O2. The van der Waals surface area contributed by atoms with E-state index in [4.69, 9.17) is 5.73 Å². The average Bonchev–Trinajstić information content (AvgIpc) is 3.16. The normalized spacial score (nSPS) is 15.5. The molecule has 3 aromatic rings. The zero-order valence-corrected chi connectivity index (χ0v) is 15.8. The third-order valence-electron chi connectivity index (χ3n) is 5.25. The van der Waals surface area contributed by atoms with Gasteiger partial charge in [0.2, 0.25) is 5.91 Å². The fourth-order valence-electron chi connectivity index (χ4n) is 3.61. The van der Waals surface area contributed by atoms with E-state index in [1.165, 1.54) is 4.90 Å². The highest BCUT2D eigenvalue weighted by Gasteiger charge is 2.36. The van der Waals surface area contributed by atoms with Crippen molar-refractivity contribution in [2.45, 2.75) is 19.0 Å². The van der Waals surface area contributed by atoms with Crippen LogP contribution in [0, 0.1) is 5.92 Å². The van der Waals surface area contributed by atoms with Crippen LogP contribution in [0.25, 0.3) is 16.9 Å².